The van der Waals surface area contributed by atoms with Crippen LogP contribution in [-0.2, 0) is 20.9 Å². The molecule has 1 aromatic carbocycles. The molecule has 162 valence electrons. The fraction of sp³-hybridized carbons (Fsp3) is 0.522. The molecule has 3 N–H and O–H groups in total. The van der Waals surface area contributed by atoms with Crippen LogP contribution in [0.25, 0.3) is 11.0 Å². The van der Waals surface area contributed by atoms with Crippen LogP contribution in [-0.4, -0.2) is 51.0 Å². The van der Waals surface area contributed by atoms with Crippen LogP contribution in [0.2, 0.25) is 0 Å². The summed E-state index contributed by atoms with van der Waals surface area (Å²) in [4.78, 5) is 45.5. The molecule has 2 amide bonds. The van der Waals surface area contributed by atoms with E-state index in [4.69, 9.17) is 4.74 Å². The molecule has 0 unspecified atom stereocenters. The van der Waals surface area contributed by atoms with Crippen molar-refractivity contribution in [2.45, 2.75) is 56.4 Å². The van der Waals surface area contributed by atoms with E-state index < -0.39 is 17.4 Å². The Morgan fingerprint density at radius 1 is 1.16 bits per heavy atom. The van der Waals surface area contributed by atoms with Crippen LogP contribution in [0.1, 0.15) is 37.7 Å². The summed E-state index contributed by atoms with van der Waals surface area (Å²) in [5.74, 6) is -1.01. The molecule has 4 atom stereocenters. The van der Waals surface area contributed by atoms with E-state index in [0.717, 1.165) is 36.8 Å². The van der Waals surface area contributed by atoms with Gasteiger partial charge < -0.3 is 24.9 Å². The van der Waals surface area contributed by atoms with Gasteiger partial charge in [0, 0.05) is 12.6 Å². The van der Waals surface area contributed by atoms with E-state index in [2.05, 4.69) is 15.3 Å². The number of imidazole rings is 1. The number of aromatic nitrogens is 2. The van der Waals surface area contributed by atoms with Gasteiger partial charge in [-0.3, -0.25) is 9.59 Å². The molecule has 8 heteroatoms. The summed E-state index contributed by atoms with van der Waals surface area (Å²) in [7, 11) is 0. The Hall–Kier alpha value is -2.87. The van der Waals surface area contributed by atoms with Crippen molar-refractivity contribution in [3.63, 3.8) is 0 Å². The van der Waals surface area contributed by atoms with Gasteiger partial charge in [0.05, 0.1) is 35.5 Å². The minimum atomic E-state index is -0.648. The molecule has 1 spiro atoms. The molecule has 0 radical (unpaired) electrons. The Labute approximate surface area is 179 Å². The first-order valence-electron chi connectivity index (χ1n) is 11.2. The number of carbonyl (C=O) groups excluding carboxylic acids is 2. The van der Waals surface area contributed by atoms with Gasteiger partial charge in [-0.15, -0.1) is 0 Å². The van der Waals surface area contributed by atoms with E-state index in [1.807, 2.05) is 35.3 Å². The Kier molecular flexibility index (Phi) is 4.15. The van der Waals surface area contributed by atoms with Crippen molar-refractivity contribution < 1.29 is 14.3 Å². The first-order chi connectivity index (χ1) is 15.0. The topological polar surface area (TPSA) is 107 Å². The number of hydrogen-bond donors (Lipinski definition) is 3. The maximum absolute atomic E-state index is 13.4. The zero-order valence-electron chi connectivity index (χ0n) is 17.2. The van der Waals surface area contributed by atoms with E-state index in [0.29, 0.717) is 18.6 Å². The van der Waals surface area contributed by atoms with Gasteiger partial charge in [-0.1, -0.05) is 37.5 Å². The SMILES string of the molecule is O=C(NCc1ccc2[nH]c(=O)[nH]c2c1)[C@H]1[C@H]2C=C[C@@]3(CN(C4CCCCC4)C(=O)[C@@H]13)O2. The summed E-state index contributed by atoms with van der Waals surface area (Å²) in [5, 5.41) is 3.00. The van der Waals surface area contributed by atoms with Crippen LogP contribution in [0.4, 0.5) is 0 Å². The third-order valence-electron chi connectivity index (χ3n) is 7.49. The first-order valence-corrected chi connectivity index (χ1v) is 11.2. The molecule has 8 nitrogen and oxygen atoms in total. The van der Waals surface area contributed by atoms with Crippen LogP contribution in [0.5, 0.6) is 0 Å². The summed E-state index contributed by atoms with van der Waals surface area (Å²) in [6, 6.07) is 5.81. The Morgan fingerprint density at radius 3 is 2.81 bits per heavy atom. The van der Waals surface area contributed by atoms with Crippen molar-refractivity contribution in [1.29, 1.82) is 0 Å². The molecule has 31 heavy (non-hydrogen) atoms. The molecule has 6 rings (SSSR count). The summed E-state index contributed by atoms with van der Waals surface area (Å²) in [6.07, 6.45) is 9.27. The number of likely N-dealkylation sites (tertiary alicyclic amines) is 1. The van der Waals surface area contributed by atoms with Gasteiger partial charge in [-0.05, 0) is 30.5 Å². The summed E-state index contributed by atoms with van der Waals surface area (Å²) >= 11 is 0. The zero-order valence-corrected chi connectivity index (χ0v) is 17.2. The molecular formula is C23H26N4O4. The molecule has 3 aliphatic heterocycles. The van der Waals surface area contributed by atoms with Crippen molar-refractivity contribution >= 4 is 22.8 Å². The second-order valence-corrected chi connectivity index (χ2v) is 9.33. The summed E-state index contributed by atoms with van der Waals surface area (Å²) < 4.78 is 6.24. The molecule has 2 bridgehead atoms. The van der Waals surface area contributed by atoms with Gasteiger partial charge in [0.15, 0.2) is 0 Å². The average Bonchev–Trinajstić information content (AvgIpc) is 3.51. The maximum Gasteiger partial charge on any atom is 0.323 e. The maximum atomic E-state index is 13.4. The average molecular weight is 422 g/mol. The van der Waals surface area contributed by atoms with E-state index in [1.165, 1.54) is 6.42 Å². The van der Waals surface area contributed by atoms with Crippen LogP contribution in [0.3, 0.4) is 0 Å². The lowest BCUT2D eigenvalue weighted by molar-refractivity contribution is -0.139. The van der Waals surface area contributed by atoms with Crippen molar-refractivity contribution in [2.24, 2.45) is 11.8 Å². The minimum Gasteiger partial charge on any atom is -0.360 e. The number of nitrogens with one attached hydrogen (secondary N) is 3. The predicted octanol–water partition coefficient (Wildman–Crippen LogP) is 1.59. The molecule has 2 aromatic rings. The number of rotatable bonds is 4. The fourth-order valence-corrected chi connectivity index (χ4v) is 6.03. The second kappa shape index (κ2) is 6.82. The number of hydrogen-bond acceptors (Lipinski definition) is 4. The highest BCUT2D eigenvalue weighted by molar-refractivity contribution is 5.93. The minimum absolute atomic E-state index is 0.0743. The van der Waals surface area contributed by atoms with Crippen molar-refractivity contribution in [3.05, 3.63) is 46.4 Å². The van der Waals surface area contributed by atoms with Gasteiger partial charge in [0.25, 0.3) is 0 Å². The molecule has 1 saturated carbocycles. The molecule has 3 fully saturated rings. The van der Waals surface area contributed by atoms with Crippen molar-refractivity contribution in [2.75, 3.05) is 6.54 Å². The largest absolute Gasteiger partial charge is 0.360 e. The third-order valence-corrected chi connectivity index (χ3v) is 7.49. The zero-order chi connectivity index (χ0) is 21.2. The van der Waals surface area contributed by atoms with Crippen molar-refractivity contribution in [1.82, 2.24) is 20.2 Å². The molecule has 4 aliphatic rings. The quantitative estimate of drug-likeness (QED) is 0.651. The molecular weight excluding hydrogens is 396 g/mol. The standard InChI is InChI=1S/C23H26N4O4/c28-20(24-11-13-6-7-15-16(10-13)26-22(30)25-15)18-17-8-9-23(31-17)12-27(21(29)19(18)23)14-4-2-1-3-5-14/h6-10,14,17-19H,1-5,11-12H2,(H,24,28)(H2,25,26,30)/t17-,18+,19-,23+/m1/s1. The number of ether oxygens (including phenoxy) is 1. The number of nitrogens with zero attached hydrogens (tertiary/aromatic N) is 1. The smallest absolute Gasteiger partial charge is 0.323 e. The van der Waals surface area contributed by atoms with Crippen molar-refractivity contribution in [3.8, 4) is 0 Å². The highest BCUT2D eigenvalue weighted by Crippen LogP contribution is 2.52. The monoisotopic (exact) mass is 422 g/mol. The van der Waals surface area contributed by atoms with Crippen LogP contribution in [0.15, 0.2) is 35.1 Å². The van der Waals surface area contributed by atoms with Gasteiger partial charge in [-0.25, -0.2) is 4.79 Å². The highest BCUT2D eigenvalue weighted by Gasteiger charge is 2.67. The van der Waals surface area contributed by atoms with E-state index in [-0.39, 0.29) is 29.6 Å². The molecule has 1 aromatic heterocycles. The normalized spacial score (nSPS) is 32.2. The number of aromatic amines is 2. The number of fused-ring (bicyclic) bond motifs is 2. The second-order valence-electron chi connectivity index (χ2n) is 9.33. The lowest BCUT2D eigenvalue weighted by atomic mass is 9.77. The van der Waals surface area contributed by atoms with Gasteiger partial charge in [0.1, 0.15) is 5.60 Å². The van der Waals surface area contributed by atoms with E-state index in [1.54, 1.807) is 0 Å². The van der Waals surface area contributed by atoms with E-state index in [9.17, 15) is 14.4 Å². The fourth-order valence-electron chi connectivity index (χ4n) is 6.03. The number of benzene rings is 1. The molecule has 2 saturated heterocycles. The first kappa shape index (κ1) is 18.9. The Bertz CT molecular complexity index is 1140. The summed E-state index contributed by atoms with van der Waals surface area (Å²) in [6.45, 7) is 0.893. The van der Waals surface area contributed by atoms with Crippen LogP contribution in [0, 0.1) is 11.8 Å². The predicted molar refractivity (Wildman–Crippen MR) is 113 cm³/mol. The Morgan fingerprint density at radius 2 is 1.97 bits per heavy atom. The Balaban J connectivity index is 1.19. The van der Waals surface area contributed by atoms with Gasteiger partial charge in [-0.2, -0.15) is 0 Å². The molecule has 1 aliphatic carbocycles. The lowest BCUT2D eigenvalue weighted by Crippen LogP contribution is -2.45. The number of carbonyl (C=O) groups is 2. The van der Waals surface area contributed by atoms with Gasteiger partial charge >= 0.3 is 5.69 Å². The van der Waals surface area contributed by atoms with Crippen LogP contribution < -0.4 is 11.0 Å². The number of amides is 2. The van der Waals surface area contributed by atoms with Gasteiger partial charge in [0.2, 0.25) is 11.8 Å². The lowest BCUT2D eigenvalue weighted by Gasteiger charge is -2.32. The van der Waals surface area contributed by atoms with Crippen LogP contribution >= 0.6 is 0 Å². The highest BCUT2D eigenvalue weighted by atomic mass is 16.5. The third kappa shape index (κ3) is 2.88. The number of H-pyrrole nitrogens is 2. The molecule has 4 heterocycles. The summed E-state index contributed by atoms with van der Waals surface area (Å²) in [5.41, 5.74) is 1.41. The van der Waals surface area contributed by atoms with E-state index >= 15 is 0 Å².